The van der Waals surface area contributed by atoms with Crippen molar-refractivity contribution in [1.82, 2.24) is 4.98 Å². The molecule has 2 rings (SSSR count). The molecule has 1 amide bonds. The van der Waals surface area contributed by atoms with Gasteiger partial charge in [-0.3, -0.25) is 9.78 Å². The summed E-state index contributed by atoms with van der Waals surface area (Å²) in [4.78, 5) is 15.9. The average molecular weight is 286 g/mol. The number of nitrogens with zero attached hydrogens (tertiary/aromatic N) is 1. The van der Waals surface area contributed by atoms with Gasteiger partial charge in [0, 0.05) is 18.1 Å². The number of aryl methyl sites for hydroxylation is 1. The molecule has 0 fully saturated rings. The van der Waals surface area contributed by atoms with Gasteiger partial charge in [-0.1, -0.05) is 17.7 Å². The highest BCUT2D eigenvalue weighted by Crippen LogP contribution is 2.15. The van der Waals surface area contributed by atoms with Crippen LogP contribution < -0.4 is 10.1 Å². The number of hydrogen-bond donors (Lipinski definition) is 2. The predicted octanol–water partition coefficient (Wildman–Crippen LogP) is 2.16. The molecule has 2 aromatic rings. The summed E-state index contributed by atoms with van der Waals surface area (Å²) in [7, 11) is 0. The fourth-order valence-corrected chi connectivity index (χ4v) is 1.62. The number of ether oxygens (including phenoxy) is 1. The summed E-state index contributed by atoms with van der Waals surface area (Å²) in [5.74, 6) is 0.0818. The molecule has 0 saturated carbocycles. The lowest BCUT2D eigenvalue weighted by atomic mass is 10.1. The third-order valence-electron chi connectivity index (χ3n) is 2.97. The van der Waals surface area contributed by atoms with Crippen molar-refractivity contribution in [3.63, 3.8) is 0 Å². The van der Waals surface area contributed by atoms with E-state index in [2.05, 4.69) is 10.3 Å². The van der Waals surface area contributed by atoms with Gasteiger partial charge in [0.25, 0.3) is 5.91 Å². The zero-order valence-corrected chi connectivity index (χ0v) is 12.0. The standard InChI is InChI=1S/C16H18N2O3/c1-12-3-5-14(6-4-12)21-11-16(2,20)15(19)18-13-7-9-17-10-8-13/h3-10,20H,11H2,1-2H3,(H,17,18,19)/t16-/m0/s1. The molecule has 21 heavy (non-hydrogen) atoms. The number of carbonyl (C=O) groups excluding carboxylic acids is 1. The molecule has 0 saturated heterocycles. The first-order valence-electron chi connectivity index (χ1n) is 6.61. The molecule has 1 aromatic heterocycles. The van der Waals surface area contributed by atoms with Crippen LogP contribution in [0.3, 0.4) is 0 Å². The molecule has 0 spiro atoms. The van der Waals surface area contributed by atoms with E-state index in [1.54, 1.807) is 36.7 Å². The van der Waals surface area contributed by atoms with Crippen LogP contribution in [0.2, 0.25) is 0 Å². The molecule has 0 aliphatic heterocycles. The minimum atomic E-state index is -1.63. The van der Waals surface area contributed by atoms with Crippen molar-refractivity contribution in [3.8, 4) is 5.75 Å². The van der Waals surface area contributed by atoms with E-state index < -0.39 is 11.5 Å². The zero-order chi connectivity index (χ0) is 15.3. The van der Waals surface area contributed by atoms with E-state index >= 15 is 0 Å². The molecule has 0 aliphatic carbocycles. The predicted molar refractivity (Wildman–Crippen MR) is 80.2 cm³/mol. The number of aromatic nitrogens is 1. The highest BCUT2D eigenvalue weighted by molar-refractivity contribution is 5.96. The Labute approximate surface area is 123 Å². The van der Waals surface area contributed by atoms with Crippen LogP contribution in [0.25, 0.3) is 0 Å². The summed E-state index contributed by atoms with van der Waals surface area (Å²) >= 11 is 0. The van der Waals surface area contributed by atoms with E-state index in [1.807, 2.05) is 19.1 Å². The quantitative estimate of drug-likeness (QED) is 0.883. The number of amides is 1. The lowest BCUT2D eigenvalue weighted by Crippen LogP contribution is -2.45. The van der Waals surface area contributed by atoms with Crippen LogP contribution >= 0.6 is 0 Å². The first kappa shape index (κ1) is 15.0. The Bertz CT molecular complexity index is 595. The maximum absolute atomic E-state index is 12.0. The number of nitrogens with one attached hydrogen (secondary N) is 1. The third-order valence-corrected chi connectivity index (χ3v) is 2.97. The molecule has 1 aromatic carbocycles. The second kappa shape index (κ2) is 6.37. The molecule has 1 atom stereocenters. The van der Waals surface area contributed by atoms with Gasteiger partial charge >= 0.3 is 0 Å². The number of rotatable bonds is 5. The molecule has 110 valence electrons. The molecule has 5 nitrogen and oxygen atoms in total. The number of benzene rings is 1. The summed E-state index contributed by atoms with van der Waals surface area (Å²) in [6, 6.07) is 10.7. The second-order valence-electron chi connectivity index (χ2n) is 5.07. The molecule has 1 heterocycles. The number of anilines is 1. The van der Waals surface area contributed by atoms with Crippen molar-refractivity contribution in [3.05, 3.63) is 54.4 Å². The Kier molecular flexibility index (Phi) is 4.55. The van der Waals surface area contributed by atoms with Gasteiger partial charge in [0.2, 0.25) is 0 Å². The van der Waals surface area contributed by atoms with Crippen LogP contribution in [0.1, 0.15) is 12.5 Å². The number of aliphatic hydroxyl groups is 1. The Morgan fingerprint density at radius 3 is 2.48 bits per heavy atom. The van der Waals surface area contributed by atoms with Crippen LogP contribution in [-0.4, -0.2) is 28.2 Å². The van der Waals surface area contributed by atoms with E-state index in [1.165, 1.54) is 6.92 Å². The maximum Gasteiger partial charge on any atom is 0.259 e. The second-order valence-corrected chi connectivity index (χ2v) is 5.07. The van der Waals surface area contributed by atoms with Gasteiger partial charge in [0.15, 0.2) is 5.60 Å². The highest BCUT2D eigenvalue weighted by atomic mass is 16.5. The zero-order valence-electron chi connectivity index (χ0n) is 12.0. The number of hydrogen-bond acceptors (Lipinski definition) is 4. The van der Waals surface area contributed by atoms with Crippen molar-refractivity contribution in [2.45, 2.75) is 19.4 Å². The largest absolute Gasteiger partial charge is 0.490 e. The van der Waals surface area contributed by atoms with Gasteiger partial charge in [0.05, 0.1) is 0 Å². The summed E-state index contributed by atoms with van der Waals surface area (Å²) in [6.07, 6.45) is 3.13. The maximum atomic E-state index is 12.0. The fraction of sp³-hybridized carbons (Fsp3) is 0.250. The fourth-order valence-electron chi connectivity index (χ4n) is 1.62. The van der Waals surface area contributed by atoms with Gasteiger partial charge < -0.3 is 15.2 Å². The van der Waals surface area contributed by atoms with E-state index in [0.29, 0.717) is 11.4 Å². The lowest BCUT2D eigenvalue weighted by molar-refractivity contribution is -0.135. The van der Waals surface area contributed by atoms with Crippen LogP contribution in [0.4, 0.5) is 5.69 Å². The van der Waals surface area contributed by atoms with E-state index in [0.717, 1.165) is 5.56 Å². The summed E-state index contributed by atoms with van der Waals surface area (Å²) in [6.45, 7) is 3.26. The van der Waals surface area contributed by atoms with Crippen molar-refractivity contribution in [2.75, 3.05) is 11.9 Å². The normalized spacial score (nSPS) is 13.3. The third kappa shape index (κ3) is 4.29. The Hall–Kier alpha value is -2.40. The summed E-state index contributed by atoms with van der Waals surface area (Å²) < 4.78 is 5.46. The molecule has 0 bridgehead atoms. The first-order valence-corrected chi connectivity index (χ1v) is 6.61. The molecule has 0 unspecified atom stereocenters. The van der Waals surface area contributed by atoms with Crippen molar-refractivity contribution >= 4 is 11.6 Å². The van der Waals surface area contributed by atoms with E-state index in [4.69, 9.17) is 4.74 Å². The Morgan fingerprint density at radius 2 is 1.86 bits per heavy atom. The molecule has 5 heteroatoms. The monoisotopic (exact) mass is 286 g/mol. The molecular formula is C16H18N2O3. The lowest BCUT2D eigenvalue weighted by Gasteiger charge is -2.22. The van der Waals surface area contributed by atoms with Crippen LogP contribution in [0.15, 0.2) is 48.8 Å². The minimum Gasteiger partial charge on any atom is -0.490 e. The average Bonchev–Trinajstić information content (AvgIpc) is 2.48. The number of pyridine rings is 1. The van der Waals surface area contributed by atoms with Gasteiger partial charge in [-0.05, 0) is 38.1 Å². The van der Waals surface area contributed by atoms with Gasteiger partial charge in [0.1, 0.15) is 12.4 Å². The van der Waals surface area contributed by atoms with Crippen molar-refractivity contribution in [2.24, 2.45) is 0 Å². The molecule has 0 radical (unpaired) electrons. The Morgan fingerprint density at radius 1 is 1.24 bits per heavy atom. The topological polar surface area (TPSA) is 71.5 Å². The van der Waals surface area contributed by atoms with Gasteiger partial charge in [-0.2, -0.15) is 0 Å². The van der Waals surface area contributed by atoms with Crippen LogP contribution in [0.5, 0.6) is 5.75 Å². The van der Waals surface area contributed by atoms with Gasteiger partial charge in [-0.15, -0.1) is 0 Å². The number of carbonyl (C=O) groups is 1. The summed E-state index contributed by atoms with van der Waals surface area (Å²) in [5.41, 5.74) is 0.0592. The smallest absolute Gasteiger partial charge is 0.259 e. The minimum absolute atomic E-state index is 0.132. The molecule has 0 aliphatic rings. The van der Waals surface area contributed by atoms with Crippen LogP contribution in [-0.2, 0) is 4.79 Å². The first-order chi connectivity index (χ1) is 9.97. The van der Waals surface area contributed by atoms with Crippen molar-refractivity contribution < 1.29 is 14.6 Å². The molecule has 2 N–H and O–H groups in total. The Balaban J connectivity index is 1.94. The highest BCUT2D eigenvalue weighted by Gasteiger charge is 2.31. The van der Waals surface area contributed by atoms with Crippen molar-refractivity contribution in [1.29, 1.82) is 0 Å². The van der Waals surface area contributed by atoms with E-state index in [9.17, 15) is 9.90 Å². The van der Waals surface area contributed by atoms with Crippen LogP contribution in [0, 0.1) is 6.92 Å². The molecular weight excluding hydrogens is 268 g/mol. The van der Waals surface area contributed by atoms with E-state index in [-0.39, 0.29) is 6.61 Å². The summed E-state index contributed by atoms with van der Waals surface area (Å²) in [5, 5.41) is 12.8. The van der Waals surface area contributed by atoms with Gasteiger partial charge in [-0.25, -0.2) is 0 Å². The SMILES string of the molecule is Cc1ccc(OC[C@](C)(O)C(=O)Nc2ccncc2)cc1.